The van der Waals surface area contributed by atoms with Gasteiger partial charge in [-0.25, -0.2) is 0 Å². The highest BCUT2D eigenvalue weighted by Crippen LogP contribution is 2.28. The molecule has 0 fully saturated rings. The number of ether oxygens (including phenoxy) is 1. The molecule has 2 aromatic heterocycles. The van der Waals surface area contributed by atoms with Gasteiger partial charge in [0.2, 0.25) is 0 Å². The Kier molecular flexibility index (Phi) is 5.29. The Labute approximate surface area is 178 Å². The number of aromatic nitrogens is 2. The van der Waals surface area contributed by atoms with Crippen LogP contribution in [0.2, 0.25) is 0 Å². The third-order valence-electron chi connectivity index (χ3n) is 4.82. The number of aromatic amines is 1. The molecule has 4 rings (SSSR count). The lowest BCUT2D eigenvalue weighted by Gasteiger charge is -2.12. The predicted octanol–water partition coefficient (Wildman–Crippen LogP) is 5.11. The standard InChI is InChI=1S/C24H17N3O2S/c1-29-18-11-9-16(10-12-18)22-14-20(21(15-25)23(28)26-22)19-8-5-13-27(24(19)30)17-6-3-2-4-7-17/h2-14H,1H3,(H,26,28). The minimum Gasteiger partial charge on any atom is -0.497 e. The van der Waals surface area contributed by atoms with Gasteiger partial charge in [-0.1, -0.05) is 30.4 Å². The summed E-state index contributed by atoms with van der Waals surface area (Å²) in [5.74, 6) is 0.717. The third-order valence-corrected chi connectivity index (χ3v) is 5.23. The molecule has 146 valence electrons. The molecule has 2 aromatic carbocycles. The Morgan fingerprint density at radius 3 is 2.40 bits per heavy atom. The first kappa shape index (κ1) is 19.4. The number of nitrogens with zero attached hydrogens (tertiary/aromatic N) is 2. The maximum Gasteiger partial charge on any atom is 0.266 e. The molecule has 0 aliphatic carbocycles. The maximum absolute atomic E-state index is 12.7. The van der Waals surface area contributed by atoms with Crippen LogP contribution in [0, 0.1) is 16.0 Å². The zero-order valence-corrected chi connectivity index (χ0v) is 16.9. The van der Waals surface area contributed by atoms with E-state index in [1.54, 1.807) is 13.2 Å². The lowest BCUT2D eigenvalue weighted by molar-refractivity contribution is 0.415. The van der Waals surface area contributed by atoms with Crippen molar-refractivity contribution in [2.45, 2.75) is 0 Å². The molecule has 0 spiro atoms. The van der Waals surface area contributed by atoms with Crippen molar-refractivity contribution in [3.8, 4) is 39.9 Å². The van der Waals surface area contributed by atoms with Crippen LogP contribution < -0.4 is 10.3 Å². The fraction of sp³-hybridized carbons (Fsp3) is 0.0417. The summed E-state index contributed by atoms with van der Waals surface area (Å²) < 4.78 is 7.58. The van der Waals surface area contributed by atoms with Gasteiger partial charge in [0.1, 0.15) is 22.0 Å². The van der Waals surface area contributed by atoms with Crippen molar-refractivity contribution in [3.05, 3.63) is 99.6 Å². The van der Waals surface area contributed by atoms with Crippen LogP contribution in [0.4, 0.5) is 0 Å². The Hall–Kier alpha value is -3.95. The second kappa shape index (κ2) is 8.19. The molecule has 0 aliphatic heterocycles. The van der Waals surface area contributed by atoms with Gasteiger partial charge in [0.25, 0.3) is 5.56 Å². The Balaban J connectivity index is 1.93. The fourth-order valence-electron chi connectivity index (χ4n) is 3.30. The van der Waals surface area contributed by atoms with Crippen LogP contribution in [-0.4, -0.2) is 16.7 Å². The number of rotatable bonds is 4. The average Bonchev–Trinajstić information content (AvgIpc) is 2.79. The Morgan fingerprint density at radius 1 is 1.00 bits per heavy atom. The number of nitriles is 1. The minimum atomic E-state index is -0.453. The van der Waals surface area contributed by atoms with E-state index in [-0.39, 0.29) is 5.56 Å². The van der Waals surface area contributed by atoms with E-state index in [1.165, 1.54) is 0 Å². The van der Waals surface area contributed by atoms with Crippen molar-refractivity contribution in [2.24, 2.45) is 0 Å². The van der Waals surface area contributed by atoms with Crippen LogP contribution in [-0.2, 0) is 0 Å². The van der Waals surface area contributed by atoms with Gasteiger partial charge in [0, 0.05) is 28.7 Å². The summed E-state index contributed by atoms with van der Waals surface area (Å²) in [6, 6.07) is 24.5. The summed E-state index contributed by atoms with van der Waals surface area (Å²) in [6.45, 7) is 0. The molecule has 4 aromatic rings. The lowest BCUT2D eigenvalue weighted by atomic mass is 10.00. The second-order valence-electron chi connectivity index (χ2n) is 6.57. The van der Waals surface area contributed by atoms with Crippen molar-refractivity contribution >= 4 is 12.2 Å². The quantitative estimate of drug-likeness (QED) is 0.474. The number of methoxy groups -OCH3 is 1. The van der Waals surface area contributed by atoms with Crippen LogP contribution in [0.3, 0.4) is 0 Å². The van der Waals surface area contributed by atoms with Gasteiger partial charge in [-0.2, -0.15) is 5.26 Å². The number of para-hydroxylation sites is 1. The molecule has 2 heterocycles. The summed E-state index contributed by atoms with van der Waals surface area (Å²) in [4.78, 5) is 15.5. The summed E-state index contributed by atoms with van der Waals surface area (Å²) in [5.41, 5.74) is 3.03. The van der Waals surface area contributed by atoms with Gasteiger partial charge >= 0.3 is 0 Å². The molecule has 0 atom stereocenters. The first-order chi connectivity index (χ1) is 14.6. The van der Waals surface area contributed by atoms with Crippen molar-refractivity contribution < 1.29 is 4.74 Å². The van der Waals surface area contributed by atoms with Gasteiger partial charge < -0.3 is 14.3 Å². The van der Waals surface area contributed by atoms with Crippen molar-refractivity contribution in [3.63, 3.8) is 0 Å². The number of nitrogens with one attached hydrogen (secondary N) is 1. The molecule has 1 N–H and O–H groups in total. The van der Waals surface area contributed by atoms with E-state index in [4.69, 9.17) is 17.0 Å². The highest BCUT2D eigenvalue weighted by Gasteiger charge is 2.15. The van der Waals surface area contributed by atoms with Gasteiger partial charge in [0.15, 0.2) is 0 Å². The highest BCUT2D eigenvalue weighted by molar-refractivity contribution is 7.71. The molecule has 0 radical (unpaired) electrons. The van der Waals surface area contributed by atoms with Gasteiger partial charge in [0.05, 0.1) is 7.11 Å². The number of hydrogen-bond donors (Lipinski definition) is 1. The molecule has 0 saturated heterocycles. The van der Waals surface area contributed by atoms with Crippen LogP contribution >= 0.6 is 12.2 Å². The average molecular weight is 411 g/mol. The molecule has 30 heavy (non-hydrogen) atoms. The van der Waals surface area contributed by atoms with Crippen molar-refractivity contribution in [1.29, 1.82) is 5.26 Å². The van der Waals surface area contributed by atoms with Crippen LogP contribution in [0.25, 0.3) is 28.1 Å². The molecule has 5 nitrogen and oxygen atoms in total. The van der Waals surface area contributed by atoms with E-state index in [0.717, 1.165) is 17.0 Å². The van der Waals surface area contributed by atoms with Gasteiger partial charge in [-0.3, -0.25) is 4.79 Å². The molecule has 0 unspecified atom stereocenters. The number of benzene rings is 2. The molecular weight excluding hydrogens is 394 g/mol. The van der Waals surface area contributed by atoms with Gasteiger partial charge in [-0.15, -0.1) is 0 Å². The molecule has 0 aliphatic rings. The number of hydrogen-bond acceptors (Lipinski definition) is 4. The van der Waals surface area contributed by atoms with Crippen LogP contribution in [0.1, 0.15) is 5.56 Å². The zero-order valence-electron chi connectivity index (χ0n) is 16.1. The molecule has 0 bridgehead atoms. The zero-order chi connectivity index (χ0) is 21.1. The lowest BCUT2D eigenvalue weighted by Crippen LogP contribution is -2.13. The largest absolute Gasteiger partial charge is 0.497 e. The smallest absolute Gasteiger partial charge is 0.266 e. The first-order valence-electron chi connectivity index (χ1n) is 9.21. The first-order valence-corrected chi connectivity index (χ1v) is 9.62. The second-order valence-corrected chi connectivity index (χ2v) is 6.96. The maximum atomic E-state index is 12.7. The van der Waals surface area contributed by atoms with Gasteiger partial charge in [-0.05, 0) is 60.2 Å². The normalized spacial score (nSPS) is 10.4. The molecule has 0 saturated carbocycles. The van der Waals surface area contributed by atoms with Crippen LogP contribution in [0.15, 0.2) is 83.8 Å². The highest BCUT2D eigenvalue weighted by atomic mass is 32.1. The fourth-order valence-corrected chi connectivity index (χ4v) is 3.64. The summed E-state index contributed by atoms with van der Waals surface area (Å²) >= 11 is 5.72. The Bertz CT molecular complexity index is 1360. The summed E-state index contributed by atoms with van der Waals surface area (Å²) in [7, 11) is 1.60. The van der Waals surface area contributed by atoms with Crippen molar-refractivity contribution in [2.75, 3.05) is 7.11 Å². The molecular formula is C24H17N3O2S. The predicted molar refractivity (Wildman–Crippen MR) is 119 cm³/mol. The van der Waals surface area contributed by atoms with E-state index >= 15 is 0 Å². The van der Waals surface area contributed by atoms with E-state index in [1.807, 2.05) is 83.6 Å². The number of pyridine rings is 2. The third kappa shape index (κ3) is 3.54. The number of H-pyrrole nitrogens is 1. The monoisotopic (exact) mass is 411 g/mol. The molecule has 0 amide bonds. The van der Waals surface area contributed by atoms with E-state index in [9.17, 15) is 10.1 Å². The molecule has 6 heteroatoms. The van der Waals surface area contributed by atoms with Crippen LogP contribution in [0.5, 0.6) is 5.75 Å². The van der Waals surface area contributed by atoms with Crippen molar-refractivity contribution in [1.82, 2.24) is 9.55 Å². The minimum absolute atomic E-state index is 0.0316. The van der Waals surface area contributed by atoms with E-state index in [0.29, 0.717) is 21.5 Å². The SMILES string of the molecule is COc1ccc(-c2cc(-c3cccn(-c4ccccc4)c3=S)c(C#N)c(=O)[nH]2)cc1. The van der Waals surface area contributed by atoms with E-state index < -0.39 is 5.56 Å². The summed E-state index contributed by atoms with van der Waals surface area (Å²) in [6.07, 6.45) is 1.87. The van der Waals surface area contributed by atoms with E-state index in [2.05, 4.69) is 4.98 Å². The Morgan fingerprint density at radius 2 is 1.73 bits per heavy atom. The summed E-state index contributed by atoms with van der Waals surface area (Å²) in [5, 5.41) is 9.64. The topological polar surface area (TPSA) is 70.8 Å².